The van der Waals surface area contributed by atoms with E-state index < -0.39 is 6.10 Å². The van der Waals surface area contributed by atoms with Crippen LogP contribution in [0.3, 0.4) is 0 Å². The Labute approximate surface area is 109 Å². The Morgan fingerprint density at radius 2 is 2.11 bits per heavy atom. The van der Waals surface area contributed by atoms with Gasteiger partial charge in [-0.15, -0.1) is 0 Å². The number of imidazole rings is 1. The summed E-state index contributed by atoms with van der Waals surface area (Å²) in [6.07, 6.45) is 6.76. The van der Waals surface area contributed by atoms with Crippen molar-refractivity contribution in [3.05, 3.63) is 24.8 Å². The fourth-order valence-electron chi connectivity index (χ4n) is 2.50. The first-order chi connectivity index (χ1) is 9.22. The summed E-state index contributed by atoms with van der Waals surface area (Å²) in [7, 11) is 0. The molecular formula is C12H15N5O2. The Bertz CT molecular complexity index is 624. The van der Waals surface area contributed by atoms with Gasteiger partial charge in [-0.3, -0.25) is 0 Å². The van der Waals surface area contributed by atoms with Gasteiger partial charge in [-0.1, -0.05) is 12.2 Å². The summed E-state index contributed by atoms with van der Waals surface area (Å²) in [4.78, 5) is 12.2. The molecule has 4 N–H and O–H groups in total. The lowest BCUT2D eigenvalue weighted by molar-refractivity contribution is 0.0925. The van der Waals surface area contributed by atoms with Gasteiger partial charge in [-0.25, -0.2) is 15.0 Å². The van der Waals surface area contributed by atoms with Crippen molar-refractivity contribution in [2.75, 3.05) is 12.3 Å². The summed E-state index contributed by atoms with van der Waals surface area (Å²) in [5.41, 5.74) is 6.88. The van der Waals surface area contributed by atoms with Crippen LogP contribution in [-0.4, -0.2) is 42.4 Å². The quantitative estimate of drug-likeness (QED) is 0.664. The Balaban J connectivity index is 1.98. The van der Waals surface area contributed by atoms with E-state index in [1.54, 1.807) is 10.9 Å². The standard InChI is InChI=1S/C12H15N5O2/c13-11-9-12(15-5-14-11)17(6-16-9)8-2-1-7(3-4-18)10(8)19/h1-2,5-8,10,18-19H,3-4H2,(H2,13,14,15)/t7-,8-,10+/m0/s1. The molecule has 7 nitrogen and oxygen atoms in total. The van der Waals surface area contributed by atoms with Gasteiger partial charge in [0.15, 0.2) is 11.5 Å². The van der Waals surface area contributed by atoms with Crippen LogP contribution in [0.1, 0.15) is 12.5 Å². The molecule has 3 atom stereocenters. The van der Waals surface area contributed by atoms with Crippen LogP contribution >= 0.6 is 0 Å². The summed E-state index contributed by atoms with van der Waals surface area (Å²) >= 11 is 0. The summed E-state index contributed by atoms with van der Waals surface area (Å²) in [6, 6.07) is -0.240. The molecule has 7 heteroatoms. The van der Waals surface area contributed by atoms with E-state index in [9.17, 15) is 5.11 Å². The molecule has 1 aliphatic rings. The molecule has 2 aromatic rings. The van der Waals surface area contributed by atoms with E-state index in [0.29, 0.717) is 23.4 Å². The normalized spacial score (nSPS) is 26.3. The number of hydrogen-bond acceptors (Lipinski definition) is 6. The van der Waals surface area contributed by atoms with Gasteiger partial charge in [-0.05, 0) is 6.42 Å². The van der Waals surface area contributed by atoms with Gasteiger partial charge in [0.05, 0.1) is 18.5 Å². The van der Waals surface area contributed by atoms with Gasteiger partial charge in [0.1, 0.15) is 11.8 Å². The first kappa shape index (κ1) is 12.1. The molecule has 1 aliphatic carbocycles. The predicted molar refractivity (Wildman–Crippen MR) is 69.1 cm³/mol. The third-order valence-corrected chi connectivity index (χ3v) is 3.51. The van der Waals surface area contributed by atoms with Gasteiger partial charge < -0.3 is 20.5 Å². The molecule has 100 valence electrons. The Hall–Kier alpha value is -1.99. The highest BCUT2D eigenvalue weighted by Crippen LogP contribution is 2.32. The van der Waals surface area contributed by atoms with E-state index in [0.717, 1.165) is 0 Å². The molecule has 2 heterocycles. The van der Waals surface area contributed by atoms with Crippen LogP contribution in [0.15, 0.2) is 24.8 Å². The number of nitrogens with two attached hydrogens (primary N) is 1. The zero-order chi connectivity index (χ0) is 13.4. The topological polar surface area (TPSA) is 110 Å². The summed E-state index contributed by atoms with van der Waals surface area (Å²) < 4.78 is 1.78. The van der Waals surface area contributed by atoms with Crippen molar-refractivity contribution in [3.63, 3.8) is 0 Å². The maximum absolute atomic E-state index is 10.3. The smallest absolute Gasteiger partial charge is 0.166 e. The lowest BCUT2D eigenvalue weighted by atomic mass is 10.0. The number of aliphatic hydroxyl groups excluding tert-OH is 2. The Morgan fingerprint density at radius 3 is 2.89 bits per heavy atom. The molecule has 0 amide bonds. The average molecular weight is 261 g/mol. The fraction of sp³-hybridized carbons (Fsp3) is 0.417. The van der Waals surface area contributed by atoms with Crippen LogP contribution in [-0.2, 0) is 0 Å². The molecule has 0 unspecified atom stereocenters. The number of aliphatic hydroxyl groups is 2. The second kappa shape index (κ2) is 4.60. The van der Waals surface area contributed by atoms with Crippen molar-refractivity contribution < 1.29 is 10.2 Å². The molecular weight excluding hydrogens is 246 g/mol. The minimum Gasteiger partial charge on any atom is -0.396 e. The molecule has 0 bridgehead atoms. The minimum atomic E-state index is -0.597. The largest absolute Gasteiger partial charge is 0.396 e. The fourth-order valence-corrected chi connectivity index (χ4v) is 2.50. The average Bonchev–Trinajstić information content (AvgIpc) is 2.96. The van der Waals surface area contributed by atoms with Crippen LogP contribution in [0.4, 0.5) is 5.82 Å². The summed E-state index contributed by atoms with van der Waals surface area (Å²) in [5.74, 6) is 0.277. The molecule has 2 aromatic heterocycles. The van der Waals surface area contributed by atoms with E-state index in [-0.39, 0.29) is 18.6 Å². The predicted octanol–water partition coefficient (Wildman–Crippen LogP) is -0.121. The second-order valence-electron chi connectivity index (χ2n) is 4.63. The number of rotatable bonds is 3. The van der Waals surface area contributed by atoms with Gasteiger partial charge in [-0.2, -0.15) is 0 Å². The van der Waals surface area contributed by atoms with Crippen LogP contribution in [0.25, 0.3) is 11.2 Å². The van der Waals surface area contributed by atoms with Crippen LogP contribution in [0.2, 0.25) is 0 Å². The number of hydrogen-bond donors (Lipinski definition) is 3. The zero-order valence-corrected chi connectivity index (χ0v) is 10.2. The lowest BCUT2D eigenvalue weighted by Gasteiger charge is -2.20. The number of anilines is 1. The monoisotopic (exact) mass is 261 g/mol. The molecule has 0 fully saturated rings. The van der Waals surface area contributed by atoms with E-state index in [2.05, 4.69) is 15.0 Å². The van der Waals surface area contributed by atoms with Crippen LogP contribution < -0.4 is 5.73 Å². The second-order valence-corrected chi connectivity index (χ2v) is 4.63. The molecule has 3 rings (SSSR count). The molecule has 19 heavy (non-hydrogen) atoms. The van der Waals surface area contributed by atoms with Gasteiger partial charge in [0.25, 0.3) is 0 Å². The molecule has 0 saturated heterocycles. The molecule has 0 radical (unpaired) electrons. The molecule has 0 aliphatic heterocycles. The van der Waals surface area contributed by atoms with Gasteiger partial charge in [0, 0.05) is 12.5 Å². The Morgan fingerprint density at radius 1 is 1.26 bits per heavy atom. The third-order valence-electron chi connectivity index (χ3n) is 3.51. The van der Waals surface area contributed by atoms with Crippen molar-refractivity contribution in [2.24, 2.45) is 5.92 Å². The first-order valence-corrected chi connectivity index (χ1v) is 6.12. The van der Waals surface area contributed by atoms with E-state index in [4.69, 9.17) is 10.8 Å². The SMILES string of the molecule is Nc1ncnc2c1ncn2[C@H]1C=C[C@@H](CCO)[C@H]1O. The summed E-state index contributed by atoms with van der Waals surface area (Å²) in [6.45, 7) is 0.0541. The van der Waals surface area contributed by atoms with E-state index >= 15 is 0 Å². The highest BCUT2D eigenvalue weighted by Gasteiger charge is 2.31. The van der Waals surface area contributed by atoms with Crippen molar-refractivity contribution in [1.82, 2.24) is 19.5 Å². The third kappa shape index (κ3) is 1.87. The van der Waals surface area contributed by atoms with E-state index in [1.807, 2.05) is 12.2 Å². The molecule has 0 spiro atoms. The van der Waals surface area contributed by atoms with Crippen molar-refractivity contribution >= 4 is 17.0 Å². The van der Waals surface area contributed by atoms with Crippen molar-refractivity contribution in [2.45, 2.75) is 18.6 Å². The number of nitrogen functional groups attached to an aromatic ring is 1. The molecule has 0 saturated carbocycles. The number of nitrogens with zero attached hydrogens (tertiary/aromatic N) is 4. The summed E-state index contributed by atoms with van der Waals surface area (Å²) in [5, 5.41) is 19.3. The highest BCUT2D eigenvalue weighted by atomic mass is 16.3. The number of aromatic nitrogens is 4. The maximum Gasteiger partial charge on any atom is 0.166 e. The lowest BCUT2D eigenvalue weighted by Crippen LogP contribution is -2.25. The van der Waals surface area contributed by atoms with Crippen LogP contribution in [0.5, 0.6) is 0 Å². The zero-order valence-electron chi connectivity index (χ0n) is 10.2. The molecule has 0 aromatic carbocycles. The maximum atomic E-state index is 10.3. The minimum absolute atomic E-state index is 0.0494. The highest BCUT2D eigenvalue weighted by molar-refractivity contribution is 5.81. The van der Waals surface area contributed by atoms with Gasteiger partial charge >= 0.3 is 0 Å². The number of fused-ring (bicyclic) bond motifs is 1. The van der Waals surface area contributed by atoms with E-state index in [1.165, 1.54) is 6.33 Å². The van der Waals surface area contributed by atoms with Crippen molar-refractivity contribution in [1.29, 1.82) is 0 Å². The van der Waals surface area contributed by atoms with Crippen LogP contribution in [0, 0.1) is 5.92 Å². The first-order valence-electron chi connectivity index (χ1n) is 6.12. The van der Waals surface area contributed by atoms with Crippen molar-refractivity contribution in [3.8, 4) is 0 Å². The Kier molecular flexibility index (Phi) is 2.92. The van der Waals surface area contributed by atoms with Gasteiger partial charge in [0.2, 0.25) is 0 Å².